The number of halogens is 2. The molecule has 0 spiro atoms. The molecule has 0 unspecified atom stereocenters. The van der Waals surface area contributed by atoms with Crippen molar-refractivity contribution in [3.05, 3.63) is 67.7 Å². The average Bonchev–Trinajstić information content (AvgIpc) is 2.46. The van der Waals surface area contributed by atoms with Gasteiger partial charge in [-0.25, -0.2) is 0 Å². The Bertz CT molecular complexity index is 651. The lowest BCUT2D eigenvalue weighted by molar-refractivity contribution is -0.384. The molecule has 6 heteroatoms. The second-order valence-corrected chi connectivity index (χ2v) is 5.33. The minimum Gasteiger partial charge on any atom is -0.379 e. The van der Waals surface area contributed by atoms with Crippen molar-refractivity contribution in [1.82, 2.24) is 0 Å². The van der Waals surface area contributed by atoms with Crippen LogP contribution in [0.2, 0.25) is 10.0 Å². The van der Waals surface area contributed by atoms with Crippen molar-refractivity contribution < 1.29 is 4.92 Å². The summed E-state index contributed by atoms with van der Waals surface area (Å²) >= 11 is 12.1. The molecular weight excluding hydrogens is 311 g/mol. The number of hydrogen-bond donors (Lipinski definition) is 1. The normalized spacial score (nSPS) is 10.4. The Balaban J connectivity index is 2.22. The number of nitrogens with zero attached hydrogens (tertiary/aromatic N) is 1. The summed E-state index contributed by atoms with van der Waals surface area (Å²) in [6.07, 6.45) is 0.930. The van der Waals surface area contributed by atoms with Gasteiger partial charge in [-0.15, -0.1) is 0 Å². The van der Waals surface area contributed by atoms with Gasteiger partial charge < -0.3 is 5.32 Å². The van der Waals surface area contributed by atoms with E-state index in [0.29, 0.717) is 12.2 Å². The lowest BCUT2D eigenvalue weighted by atomic mass is 10.1. The predicted molar refractivity (Wildman–Crippen MR) is 86.3 cm³/mol. The molecule has 0 radical (unpaired) electrons. The summed E-state index contributed by atoms with van der Waals surface area (Å²) in [4.78, 5) is 10.2. The van der Waals surface area contributed by atoms with E-state index in [1.54, 1.807) is 0 Å². The monoisotopic (exact) mass is 324 g/mol. The van der Waals surface area contributed by atoms with Crippen molar-refractivity contribution in [2.45, 2.75) is 19.9 Å². The van der Waals surface area contributed by atoms with Gasteiger partial charge in [-0.1, -0.05) is 54.4 Å². The fourth-order valence-corrected chi connectivity index (χ4v) is 2.70. The molecule has 0 aromatic heterocycles. The third-order valence-electron chi connectivity index (χ3n) is 3.19. The molecule has 2 aromatic carbocycles. The molecule has 0 saturated carbocycles. The van der Waals surface area contributed by atoms with Gasteiger partial charge in [-0.05, 0) is 17.5 Å². The largest absolute Gasteiger partial charge is 0.379 e. The van der Waals surface area contributed by atoms with Crippen LogP contribution in [0.4, 0.5) is 11.4 Å². The highest BCUT2D eigenvalue weighted by atomic mass is 35.5. The first-order chi connectivity index (χ1) is 10.0. The zero-order valence-electron chi connectivity index (χ0n) is 11.4. The third-order valence-corrected chi connectivity index (χ3v) is 3.79. The van der Waals surface area contributed by atoms with Crippen LogP contribution >= 0.6 is 23.2 Å². The standard InChI is InChI=1S/C15H14Cl2N2O2/c1-2-10-5-3-4-6-11(10)9-18-15-13(16)7-12(19(20)21)8-14(15)17/h3-8,18H,2,9H2,1H3. The molecule has 1 N–H and O–H groups in total. The molecule has 0 heterocycles. The smallest absolute Gasteiger partial charge is 0.272 e. The van der Waals surface area contributed by atoms with E-state index in [9.17, 15) is 10.1 Å². The number of hydrogen-bond acceptors (Lipinski definition) is 3. The van der Waals surface area contributed by atoms with Crippen molar-refractivity contribution in [3.8, 4) is 0 Å². The molecule has 0 aliphatic rings. The van der Waals surface area contributed by atoms with Crippen molar-refractivity contribution >= 4 is 34.6 Å². The van der Waals surface area contributed by atoms with Gasteiger partial charge >= 0.3 is 0 Å². The third kappa shape index (κ3) is 3.65. The summed E-state index contributed by atoms with van der Waals surface area (Å²) in [7, 11) is 0. The number of non-ortho nitro benzene ring substituents is 1. The molecule has 0 saturated heterocycles. The molecule has 0 fully saturated rings. The Morgan fingerprint density at radius 1 is 1.14 bits per heavy atom. The molecular formula is C15H14Cl2N2O2. The Kier molecular flexibility index (Phi) is 5.04. The van der Waals surface area contributed by atoms with Gasteiger partial charge in [-0.3, -0.25) is 10.1 Å². The molecule has 2 aromatic rings. The summed E-state index contributed by atoms with van der Waals surface area (Å²) in [5.74, 6) is 0. The number of nitro groups is 1. The van der Waals surface area contributed by atoms with E-state index < -0.39 is 4.92 Å². The Morgan fingerprint density at radius 3 is 2.24 bits per heavy atom. The molecule has 21 heavy (non-hydrogen) atoms. The van der Waals surface area contributed by atoms with Gasteiger partial charge in [0.15, 0.2) is 0 Å². The van der Waals surface area contributed by atoms with E-state index in [-0.39, 0.29) is 15.7 Å². The maximum Gasteiger partial charge on any atom is 0.272 e. The molecule has 2 rings (SSSR count). The second kappa shape index (κ2) is 6.78. The summed E-state index contributed by atoms with van der Waals surface area (Å²) in [5.41, 5.74) is 2.77. The molecule has 0 aliphatic heterocycles. The number of rotatable bonds is 5. The Morgan fingerprint density at radius 2 is 1.71 bits per heavy atom. The van der Waals surface area contributed by atoms with Crippen LogP contribution in [0.15, 0.2) is 36.4 Å². The van der Waals surface area contributed by atoms with Gasteiger partial charge in [0.05, 0.1) is 20.7 Å². The first-order valence-electron chi connectivity index (χ1n) is 6.47. The minimum atomic E-state index is -0.520. The van der Waals surface area contributed by atoms with Crippen LogP contribution < -0.4 is 5.32 Å². The van der Waals surface area contributed by atoms with E-state index >= 15 is 0 Å². The van der Waals surface area contributed by atoms with Gasteiger partial charge in [0.2, 0.25) is 0 Å². The van der Waals surface area contributed by atoms with Gasteiger partial charge in [0.1, 0.15) is 0 Å². The van der Waals surface area contributed by atoms with Crippen molar-refractivity contribution in [2.24, 2.45) is 0 Å². The maximum absolute atomic E-state index is 10.7. The second-order valence-electron chi connectivity index (χ2n) is 4.52. The van der Waals surface area contributed by atoms with Crippen LogP contribution in [0.25, 0.3) is 0 Å². The lowest BCUT2D eigenvalue weighted by Crippen LogP contribution is -2.04. The van der Waals surface area contributed by atoms with E-state index in [1.165, 1.54) is 17.7 Å². The molecule has 0 atom stereocenters. The van der Waals surface area contributed by atoms with Crippen molar-refractivity contribution in [2.75, 3.05) is 5.32 Å². The fourth-order valence-electron chi connectivity index (χ4n) is 2.09. The van der Waals surface area contributed by atoms with E-state index in [2.05, 4.69) is 18.3 Å². The van der Waals surface area contributed by atoms with E-state index in [1.807, 2.05) is 18.2 Å². The first kappa shape index (κ1) is 15.6. The van der Waals surface area contributed by atoms with Crippen LogP contribution in [-0.4, -0.2) is 4.92 Å². The number of benzene rings is 2. The minimum absolute atomic E-state index is 0.121. The number of nitrogens with one attached hydrogen (secondary N) is 1. The number of aryl methyl sites for hydroxylation is 1. The highest BCUT2D eigenvalue weighted by Crippen LogP contribution is 2.35. The van der Waals surface area contributed by atoms with Crippen LogP contribution in [0.5, 0.6) is 0 Å². The quantitative estimate of drug-likeness (QED) is 0.616. The van der Waals surface area contributed by atoms with Crippen LogP contribution in [0.1, 0.15) is 18.1 Å². The van der Waals surface area contributed by atoms with Crippen LogP contribution in [-0.2, 0) is 13.0 Å². The molecule has 0 bridgehead atoms. The topological polar surface area (TPSA) is 55.2 Å². The zero-order valence-corrected chi connectivity index (χ0v) is 12.9. The summed E-state index contributed by atoms with van der Waals surface area (Å²) in [6.45, 7) is 2.64. The van der Waals surface area contributed by atoms with E-state index in [4.69, 9.17) is 23.2 Å². The van der Waals surface area contributed by atoms with Crippen molar-refractivity contribution in [1.29, 1.82) is 0 Å². The average molecular weight is 325 g/mol. The summed E-state index contributed by atoms with van der Waals surface area (Å²) in [6, 6.07) is 10.6. The van der Waals surface area contributed by atoms with Gasteiger partial charge in [0, 0.05) is 18.7 Å². The van der Waals surface area contributed by atoms with Crippen LogP contribution in [0, 0.1) is 10.1 Å². The Labute approximate surface area is 132 Å². The van der Waals surface area contributed by atoms with Gasteiger partial charge in [0.25, 0.3) is 5.69 Å². The molecule has 0 amide bonds. The first-order valence-corrected chi connectivity index (χ1v) is 7.22. The highest BCUT2D eigenvalue weighted by molar-refractivity contribution is 6.39. The molecule has 0 aliphatic carbocycles. The SMILES string of the molecule is CCc1ccccc1CNc1c(Cl)cc([N+](=O)[O-])cc1Cl. The Hall–Kier alpha value is -1.78. The molecule has 4 nitrogen and oxygen atoms in total. The number of anilines is 1. The van der Waals surface area contributed by atoms with Gasteiger partial charge in [-0.2, -0.15) is 0 Å². The number of nitro benzene ring substituents is 1. The van der Waals surface area contributed by atoms with Crippen molar-refractivity contribution in [3.63, 3.8) is 0 Å². The summed E-state index contributed by atoms with van der Waals surface area (Å²) in [5, 5.41) is 14.4. The van der Waals surface area contributed by atoms with E-state index in [0.717, 1.165) is 12.0 Å². The fraction of sp³-hybridized carbons (Fsp3) is 0.200. The lowest BCUT2D eigenvalue weighted by Gasteiger charge is -2.12. The molecule has 110 valence electrons. The zero-order chi connectivity index (χ0) is 15.4. The highest BCUT2D eigenvalue weighted by Gasteiger charge is 2.14. The van der Waals surface area contributed by atoms with Crippen LogP contribution in [0.3, 0.4) is 0 Å². The maximum atomic E-state index is 10.7. The predicted octanol–water partition coefficient (Wildman–Crippen LogP) is 5.08. The summed E-state index contributed by atoms with van der Waals surface area (Å²) < 4.78 is 0.